The molecule has 0 aliphatic carbocycles. The number of likely N-dealkylation sites (N-methyl/N-ethyl adjacent to an activating group) is 1. The van der Waals surface area contributed by atoms with Gasteiger partial charge in [0.15, 0.2) is 0 Å². The summed E-state index contributed by atoms with van der Waals surface area (Å²) in [5, 5.41) is 4.96. The molecule has 2 aromatic rings. The van der Waals surface area contributed by atoms with E-state index < -0.39 is 0 Å². The highest BCUT2D eigenvalue weighted by molar-refractivity contribution is 6.31. The number of halogens is 2. The molecular weight excluding hydrogens is 277 g/mol. The van der Waals surface area contributed by atoms with Crippen LogP contribution in [0.1, 0.15) is 22.7 Å². The van der Waals surface area contributed by atoms with Crippen molar-refractivity contribution >= 4 is 23.2 Å². The molecule has 0 heterocycles. The van der Waals surface area contributed by atoms with Crippen LogP contribution in [-0.4, -0.2) is 7.05 Å². The van der Waals surface area contributed by atoms with E-state index in [1.165, 1.54) is 5.56 Å². The predicted octanol–water partition coefficient (Wildman–Crippen LogP) is 4.81. The zero-order chi connectivity index (χ0) is 13.8. The topological polar surface area (TPSA) is 12.0 Å². The van der Waals surface area contributed by atoms with Gasteiger partial charge in [-0.25, -0.2) is 0 Å². The Balaban J connectivity index is 2.31. The summed E-state index contributed by atoms with van der Waals surface area (Å²) in [5.41, 5.74) is 3.48. The summed E-state index contributed by atoms with van der Waals surface area (Å²) in [4.78, 5) is 0. The van der Waals surface area contributed by atoms with Crippen LogP contribution in [0.5, 0.6) is 0 Å². The molecule has 2 aromatic carbocycles. The molecule has 0 aliphatic heterocycles. The molecule has 0 saturated carbocycles. The number of benzene rings is 2. The molecule has 1 N–H and O–H groups in total. The fourth-order valence-electron chi connectivity index (χ4n) is 2.25. The summed E-state index contributed by atoms with van der Waals surface area (Å²) in [6.07, 6.45) is 0.845. The molecule has 19 heavy (non-hydrogen) atoms. The third-order valence-corrected chi connectivity index (χ3v) is 4.19. The molecule has 0 aliphatic rings. The summed E-state index contributed by atoms with van der Waals surface area (Å²) in [7, 11) is 1.96. The second-order valence-corrected chi connectivity index (χ2v) is 5.41. The van der Waals surface area contributed by atoms with Crippen molar-refractivity contribution in [2.45, 2.75) is 19.4 Å². The Labute approximate surface area is 124 Å². The first-order valence-corrected chi connectivity index (χ1v) is 7.04. The minimum Gasteiger partial charge on any atom is -0.313 e. The zero-order valence-corrected chi connectivity index (χ0v) is 12.6. The predicted molar refractivity (Wildman–Crippen MR) is 83.1 cm³/mol. The monoisotopic (exact) mass is 293 g/mol. The van der Waals surface area contributed by atoms with Gasteiger partial charge in [-0.15, -0.1) is 0 Å². The first kappa shape index (κ1) is 14.4. The summed E-state index contributed by atoms with van der Waals surface area (Å²) < 4.78 is 0. The quantitative estimate of drug-likeness (QED) is 0.853. The van der Waals surface area contributed by atoms with Crippen LogP contribution < -0.4 is 5.32 Å². The Morgan fingerprint density at radius 3 is 2.37 bits per heavy atom. The average molecular weight is 294 g/mol. The van der Waals surface area contributed by atoms with Crippen molar-refractivity contribution in [3.63, 3.8) is 0 Å². The molecular formula is C16H17Cl2N. The van der Waals surface area contributed by atoms with E-state index in [4.69, 9.17) is 23.2 Å². The van der Waals surface area contributed by atoms with Gasteiger partial charge in [0.1, 0.15) is 0 Å². The Hall–Kier alpha value is -1.02. The third-order valence-electron chi connectivity index (χ3n) is 3.42. The third kappa shape index (κ3) is 3.30. The van der Waals surface area contributed by atoms with Crippen molar-refractivity contribution in [1.29, 1.82) is 0 Å². The molecule has 0 bridgehead atoms. The standard InChI is InChI=1S/C16H17Cl2N/c1-11-13(7-5-9-14(11)17)16(19-2)10-12-6-3-4-8-15(12)18/h3-9,16,19H,10H2,1-2H3. The smallest absolute Gasteiger partial charge is 0.0438 e. The lowest BCUT2D eigenvalue weighted by atomic mass is 9.95. The van der Waals surface area contributed by atoms with Crippen molar-refractivity contribution < 1.29 is 0 Å². The maximum absolute atomic E-state index is 6.23. The molecule has 3 heteroatoms. The minimum atomic E-state index is 0.207. The first-order valence-electron chi connectivity index (χ1n) is 6.29. The van der Waals surface area contributed by atoms with Gasteiger partial charge in [0, 0.05) is 16.1 Å². The molecule has 0 fully saturated rings. The van der Waals surface area contributed by atoms with E-state index >= 15 is 0 Å². The number of nitrogens with one attached hydrogen (secondary N) is 1. The largest absolute Gasteiger partial charge is 0.313 e. The van der Waals surface area contributed by atoms with E-state index in [9.17, 15) is 0 Å². The van der Waals surface area contributed by atoms with Crippen molar-refractivity contribution in [3.8, 4) is 0 Å². The lowest BCUT2D eigenvalue weighted by Gasteiger charge is -2.20. The summed E-state index contributed by atoms with van der Waals surface area (Å²) in [6.45, 7) is 2.05. The molecule has 100 valence electrons. The maximum Gasteiger partial charge on any atom is 0.0438 e. The van der Waals surface area contributed by atoms with E-state index in [0.717, 1.165) is 27.6 Å². The molecule has 0 radical (unpaired) electrons. The van der Waals surface area contributed by atoms with Gasteiger partial charge in [-0.2, -0.15) is 0 Å². The zero-order valence-electron chi connectivity index (χ0n) is 11.1. The lowest BCUT2D eigenvalue weighted by Crippen LogP contribution is -2.20. The number of hydrogen-bond donors (Lipinski definition) is 1. The highest BCUT2D eigenvalue weighted by Gasteiger charge is 2.15. The molecule has 0 saturated heterocycles. The van der Waals surface area contributed by atoms with Crippen molar-refractivity contribution in [1.82, 2.24) is 5.32 Å². The van der Waals surface area contributed by atoms with E-state index in [1.54, 1.807) is 0 Å². The van der Waals surface area contributed by atoms with Gasteiger partial charge >= 0.3 is 0 Å². The summed E-state index contributed by atoms with van der Waals surface area (Å²) >= 11 is 12.4. The normalized spacial score (nSPS) is 12.4. The second-order valence-electron chi connectivity index (χ2n) is 4.59. The Kier molecular flexibility index (Phi) is 4.87. The molecule has 1 nitrogen and oxygen atoms in total. The van der Waals surface area contributed by atoms with Gasteiger partial charge in [-0.3, -0.25) is 0 Å². The molecule has 1 unspecified atom stereocenters. The van der Waals surface area contributed by atoms with Crippen LogP contribution >= 0.6 is 23.2 Å². The summed E-state index contributed by atoms with van der Waals surface area (Å²) in [5.74, 6) is 0. The lowest BCUT2D eigenvalue weighted by molar-refractivity contribution is 0.589. The van der Waals surface area contributed by atoms with E-state index in [-0.39, 0.29) is 6.04 Å². The van der Waals surface area contributed by atoms with Crippen LogP contribution in [-0.2, 0) is 6.42 Å². The summed E-state index contributed by atoms with van der Waals surface area (Å²) in [6, 6.07) is 14.2. The van der Waals surface area contributed by atoms with Crippen LogP contribution in [0.4, 0.5) is 0 Å². The Morgan fingerprint density at radius 2 is 1.68 bits per heavy atom. The fraction of sp³-hybridized carbons (Fsp3) is 0.250. The second kappa shape index (κ2) is 6.42. The Bertz CT molecular complexity index is 566. The van der Waals surface area contributed by atoms with E-state index in [1.807, 2.05) is 37.4 Å². The highest BCUT2D eigenvalue weighted by atomic mass is 35.5. The van der Waals surface area contributed by atoms with Crippen molar-refractivity contribution in [3.05, 3.63) is 69.2 Å². The highest BCUT2D eigenvalue weighted by Crippen LogP contribution is 2.28. The van der Waals surface area contributed by atoms with E-state index in [2.05, 4.69) is 24.4 Å². The molecule has 0 aromatic heterocycles. The van der Waals surface area contributed by atoms with E-state index in [0.29, 0.717) is 0 Å². The van der Waals surface area contributed by atoms with Crippen LogP contribution in [0, 0.1) is 6.92 Å². The molecule has 2 rings (SSSR count). The van der Waals surface area contributed by atoms with Crippen LogP contribution in [0.3, 0.4) is 0 Å². The van der Waals surface area contributed by atoms with Gasteiger partial charge in [-0.1, -0.05) is 53.5 Å². The maximum atomic E-state index is 6.23. The van der Waals surface area contributed by atoms with Crippen LogP contribution in [0.25, 0.3) is 0 Å². The van der Waals surface area contributed by atoms with Crippen molar-refractivity contribution in [2.24, 2.45) is 0 Å². The van der Waals surface area contributed by atoms with Gasteiger partial charge in [-0.05, 0) is 49.2 Å². The van der Waals surface area contributed by atoms with Crippen molar-refractivity contribution in [2.75, 3.05) is 7.05 Å². The van der Waals surface area contributed by atoms with Gasteiger partial charge in [0.25, 0.3) is 0 Å². The molecule has 1 atom stereocenters. The SMILES string of the molecule is CNC(Cc1ccccc1Cl)c1cccc(Cl)c1C. The average Bonchev–Trinajstić information content (AvgIpc) is 2.41. The fourth-order valence-corrected chi connectivity index (χ4v) is 2.65. The van der Waals surface area contributed by atoms with Gasteiger partial charge in [0.05, 0.1) is 0 Å². The van der Waals surface area contributed by atoms with Gasteiger partial charge in [0.2, 0.25) is 0 Å². The minimum absolute atomic E-state index is 0.207. The number of hydrogen-bond acceptors (Lipinski definition) is 1. The number of rotatable bonds is 4. The first-order chi connectivity index (χ1) is 9.13. The molecule has 0 amide bonds. The van der Waals surface area contributed by atoms with Crippen LogP contribution in [0.15, 0.2) is 42.5 Å². The Morgan fingerprint density at radius 1 is 1.00 bits per heavy atom. The van der Waals surface area contributed by atoms with Gasteiger partial charge < -0.3 is 5.32 Å². The van der Waals surface area contributed by atoms with Crippen LogP contribution in [0.2, 0.25) is 10.0 Å². The molecule has 0 spiro atoms.